The fourth-order valence-corrected chi connectivity index (χ4v) is 2.88. The number of carbonyl (C=O) groups excluding carboxylic acids is 2. The van der Waals surface area contributed by atoms with E-state index in [1.54, 1.807) is 6.92 Å². The molecule has 1 heterocycles. The lowest BCUT2D eigenvalue weighted by Gasteiger charge is -2.08. The van der Waals surface area contributed by atoms with Crippen molar-refractivity contribution in [1.29, 1.82) is 0 Å². The Kier molecular flexibility index (Phi) is 6.54. The number of ketones is 1. The third kappa shape index (κ3) is 4.92. The van der Waals surface area contributed by atoms with Gasteiger partial charge in [-0.05, 0) is 39.0 Å². The van der Waals surface area contributed by atoms with Crippen molar-refractivity contribution in [2.75, 3.05) is 19.0 Å². The minimum absolute atomic E-state index is 0.140. The van der Waals surface area contributed by atoms with Crippen LogP contribution in [-0.4, -0.2) is 40.7 Å². The molecular formula is C17H20N2O4S. The Morgan fingerprint density at radius 2 is 1.96 bits per heavy atom. The summed E-state index contributed by atoms with van der Waals surface area (Å²) in [4.78, 5) is 31.9. The van der Waals surface area contributed by atoms with E-state index in [0.717, 1.165) is 22.3 Å². The summed E-state index contributed by atoms with van der Waals surface area (Å²) >= 11 is 1.22. The number of benzene rings is 1. The van der Waals surface area contributed by atoms with Gasteiger partial charge in [-0.15, -0.1) is 0 Å². The fraction of sp³-hybridized carbons (Fsp3) is 0.412. The molecule has 0 fully saturated rings. The third-order valence-corrected chi connectivity index (χ3v) is 4.06. The van der Waals surface area contributed by atoms with E-state index in [2.05, 4.69) is 9.97 Å². The Morgan fingerprint density at radius 1 is 1.17 bits per heavy atom. The van der Waals surface area contributed by atoms with Crippen LogP contribution >= 0.6 is 11.8 Å². The zero-order valence-electron chi connectivity index (χ0n) is 14.0. The van der Waals surface area contributed by atoms with Gasteiger partial charge in [-0.25, -0.2) is 9.97 Å². The summed E-state index contributed by atoms with van der Waals surface area (Å²) in [5.74, 6) is 0.219. The highest BCUT2D eigenvalue weighted by molar-refractivity contribution is 7.99. The van der Waals surface area contributed by atoms with Gasteiger partial charge in [-0.1, -0.05) is 11.8 Å². The van der Waals surface area contributed by atoms with Crippen molar-refractivity contribution < 1.29 is 19.1 Å². The van der Waals surface area contributed by atoms with E-state index in [0.29, 0.717) is 11.8 Å². The van der Waals surface area contributed by atoms with Crippen molar-refractivity contribution in [2.45, 2.75) is 32.3 Å². The van der Waals surface area contributed by atoms with Crippen LogP contribution < -0.4 is 4.74 Å². The molecule has 0 N–H and O–H groups in total. The lowest BCUT2D eigenvalue weighted by molar-refractivity contribution is -0.145. The molecule has 7 heteroatoms. The molecule has 0 aliphatic heterocycles. The molecule has 0 saturated heterocycles. The van der Waals surface area contributed by atoms with Gasteiger partial charge in [0.25, 0.3) is 0 Å². The van der Waals surface area contributed by atoms with Crippen LogP contribution in [0, 0.1) is 6.92 Å². The number of ether oxygens (including phenoxy) is 2. The van der Waals surface area contributed by atoms with Gasteiger partial charge < -0.3 is 9.47 Å². The number of rotatable bonds is 8. The third-order valence-electron chi connectivity index (χ3n) is 3.16. The van der Waals surface area contributed by atoms with E-state index in [4.69, 9.17) is 9.47 Å². The lowest BCUT2D eigenvalue weighted by Crippen LogP contribution is -2.13. The Bertz CT molecular complexity index is 749. The highest BCUT2D eigenvalue weighted by atomic mass is 32.2. The number of thioether (sulfide) groups is 1. The van der Waals surface area contributed by atoms with Gasteiger partial charge in [0.2, 0.25) is 0 Å². The van der Waals surface area contributed by atoms with E-state index in [1.807, 2.05) is 32.0 Å². The second-order valence-corrected chi connectivity index (χ2v) is 5.96. The molecule has 0 radical (unpaired) electrons. The Hall–Kier alpha value is -2.15. The number of aryl methyl sites for hydroxylation is 1. The highest BCUT2D eigenvalue weighted by Crippen LogP contribution is 2.24. The van der Waals surface area contributed by atoms with Gasteiger partial charge in [0.15, 0.2) is 10.9 Å². The number of hydrogen-bond acceptors (Lipinski definition) is 7. The molecule has 0 aliphatic carbocycles. The monoisotopic (exact) mass is 348 g/mol. The van der Waals surface area contributed by atoms with Gasteiger partial charge in [0, 0.05) is 11.1 Å². The van der Waals surface area contributed by atoms with Gasteiger partial charge >= 0.3 is 5.97 Å². The zero-order valence-corrected chi connectivity index (χ0v) is 14.8. The van der Waals surface area contributed by atoms with Gasteiger partial charge in [0.1, 0.15) is 12.2 Å². The maximum atomic E-state index is 11.8. The first-order valence-electron chi connectivity index (χ1n) is 7.74. The molecule has 0 aliphatic rings. The van der Waals surface area contributed by atoms with Crippen LogP contribution in [0.1, 0.15) is 26.0 Å². The van der Waals surface area contributed by atoms with Crippen LogP contribution in [0.3, 0.4) is 0 Å². The molecule has 128 valence electrons. The molecule has 0 unspecified atom stereocenters. The average Bonchev–Trinajstić information content (AvgIpc) is 2.54. The number of fused-ring (bicyclic) bond motifs is 1. The molecule has 0 amide bonds. The average molecular weight is 348 g/mol. The van der Waals surface area contributed by atoms with Crippen molar-refractivity contribution in [3.63, 3.8) is 0 Å². The van der Waals surface area contributed by atoms with E-state index in [1.165, 1.54) is 11.8 Å². The first kappa shape index (κ1) is 18.2. The second kappa shape index (κ2) is 8.63. The van der Waals surface area contributed by atoms with Crippen LogP contribution in [0.25, 0.3) is 10.9 Å². The van der Waals surface area contributed by atoms with Crippen LogP contribution in [0.5, 0.6) is 5.75 Å². The molecule has 24 heavy (non-hydrogen) atoms. The molecule has 2 rings (SSSR count). The molecule has 1 aromatic heterocycles. The smallest absolute Gasteiger partial charge is 0.313 e. The molecule has 0 spiro atoms. The van der Waals surface area contributed by atoms with Gasteiger partial charge in [-0.3, -0.25) is 9.59 Å². The van der Waals surface area contributed by atoms with Crippen molar-refractivity contribution in [1.82, 2.24) is 9.97 Å². The first-order valence-corrected chi connectivity index (χ1v) is 8.73. The SMILES string of the molecule is CCOC(=O)CC(=O)CSc1nc(C)c2cc(OCC)ccc2n1. The van der Waals surface area contributed by atoms with Crippen molar-refractivity contribution >= 4 is 34.4 Å². The quantitative estimate of drug-likeness (QED) is 0.314. The van der Waals surface area contributed by atoms with Crippen LogP contribution in [0.15, 0.2) is 23.4 Å². The standard InChI is InChI=1S/C17H20N2O4S/c1-4-22-13-6-7-15-14(9-13)11(3)18-17(19-15)24-10-12(20)8-16(21)23-5-2/h6-7,9H,4-5,8,10H2,1-3H3. The summed E-state index contributed by atoms with van der Waals surface area (Å²) in [5.41, 5.74) is 1.62. The summed E-state index contributed by atoms with van der Waals surface area (Å²) in [5, 5.41) is 1.43. The first-order chi connectivity index (χ1) is 11.5. The Labute approximate surface area is 145 Å². The van der Waals surface area contributed by atoms with E-state index in [9.17, 15) is 9.59 Å². The van der Waals surface area contributed by atoms with E-state index < -0.39 is 5.97 Å². The van der Waals surface area contributed by atoms with Crippen molar-refractivity contribution in [3.8, 4) is 5.75 Å². The Morgan fingerprint density at radius 3 is 2.67 bits per heavy atom. The number of Topliss-reactive ketones (excluding diaryl/α,β-unsaturated/α-hetero) is 1. The molecule has 0 atom stereocenters. The maximum Gasteiger partial charge on any atom is 0.313 e. The fourth-order valence-electron chi connectivity index (χ4n) is 2.12. The number of aromatic nitrogens is 2. The summed E-state index contributed by atoms with van der Waals surface area (Å²) in [7, 11) is 0. The minimum atomic E-state index is -0.498. The molecule has 0 bridgehead atoms. The normalized spacial score (nSPS) is 10.6. The molecule has 1 aromatic carbocycles. The molecule has 6 nitrogen and oxygen atoms in total. The Balaban J connectivity index is 2.06. The van der Waals surface area contributed by atoms with Crippen molar-refractivity contribution in [2.24, 2.45) is 0 Å². The molecular weight excluding hydrogens is 328 g/mol. The summed E-state index contributed by atoms with van der Waals surface area (Å²) in [6.07, 6.45) is -0.217. The molecule has 0 saturated carbocycles. The summed E-state index contributed by atoms with van der Waals surface area (Å²) in [6.45, 7) is 6.41. The number of esters is 1. The number of nitrogens with zero attached hydrogens (tertiary/aromatic N) is 2. The van der Waals surface area contributed by atoms with E-state index in [-0.39, 0.29) is 24.6 Å². The van der Waals surface area contributed by atoms with Gasteiger partial charge in [-0.2, -0.15) is 0 Å². The second-order valence-electron chi connectivity index (χ2n) is 5.01. The number of carbonyl (C=O) groups is 2. The van der Waals surface area contributed by atoms with Crippen LogP contribution in [0.4, 0.5) is 0 Å². The predicted molar refractivity (Wildman–Crippen MR) is 92.4 cm³/mol. The van der Waals surface area contributed by atoms with Gasteiger partial charge in [0.05, 0.1) is 24.5 Å². The van der Waals surface area contributed by atoms with E-state index >= 15 is 0 Å². The van der Waals surface area contributed by atoms with Crippen LogP contribution in [0.2, 0.25) is 0 Å². The zero-order chi connectivity index (χ0) is 17.5. The number of hydrogen-bond donors (Lipinski definition) is 0. The maximum absolute atomic E-state index is 11.8. The van der Waals surface area contributed by atoms with Crippen LogP contribution in [-0.2, 0) is 14.3 Å². The summed E-state index contributed by atoms with van der Waals surface area (Å²) < 4.78 is 10.2. The lowest BCUT2D eigenvalue weighted by atomic mass is 10.2. The largest absolute Gasteiger partial charge is 0.494 e. The summed E-state index contributed by atoms with van der Waals surface area (Å²) in [6, 6.07) is 5.65. The predicted octanol–water partition coefficient (Wildman–Crippen LogP) is 2.95. The highest BCUT2D eigenvalue weighted by Gasteiger charge is 2.13. The minimum Gasteiger partial charge on any atom is -0.494 e. The topological polar surface area (TPSA) is 78.4 Å². The van der Waals surface area contributed by atoms with Crippen molar-refractivity contribution in [3.05, 3.63) is 23.9 Å². The molecule has 2 aromatic rings.